The highest BCUT2D eigenvalue weighted by molar-refractivity contribution is 5.39. The summed E-state index contributed by atoms with van der Waals surface area (Å²) in [5.74, 6) is -0.129. The first-order valence-electron chi connectivity index (χ1n) is 7.06. The number of fused-ring (bicyclic) bond motifs is 1. The topological polar surface area (TPSA) is 35.2 Å². The molecule has 1 aliphatic heterocycles. The fraction of sp³-hybridized carbons (Fsp3) is 0.294. The van der Waals surface area contributed by atoms with E-state index in [-0.39, 0.29) is 12.0 Å². The van der Waals surface area contributed by atoms with Crippen LogP contribution in [0.1, 0.15) is 23.5 Å². The number of hydrogen-bond acceptors (Lipinski definition) is 2. The maximum Gasteiger partial charge on any atom is 0.129 e. The highest BCUT2D eigenvalue weighted by Crippen LogP contribution is 2.35. The Morgan fingerprint density at radius 3 is 2.81 bits per heavy atom. The van der Waals surface area contributed by atoms with Gasteiger partial charge in [0.15, 0.2) is 0 Å². The van der Waals surface area contributed by atoms with Crippen LogP contribution < -0.4 is 10.5 Å². The third-order valence-corrected chi connectivity index (χ3v) is 3.99. The summed E-state index contributed by atoms with van der Waals surface area (Å²) in [4.78, 5) is 0. The number of nitrogens with two attached hydrogens (primary N) is 1. The number of ether oxygens (including phenoxy) is 1. The minimum atomic E-state index is -0.568. The van der Waals surface area contributed by atoms with Gasteiger partial charge in [0.1, 0.15) is 17.4 Å². The summed E-state index contributed by atoms with van der Waals surface area (Å²) in [6, 6.07) is 11.2. The van der Waals surface area contributed by atoms with Gasteiger partial charge in [0, 0.05) is 18.0 Å². The van der Waals surface area contributed by atoms with Crippen LogP contribution in [-0.2, 0) is 6.42 Å². The van der Waals surface area contributed by atoms with Crippen molar-refractivity contribution in [3.8, 4) is 5.75 Å². The third kappa shape index (κ3) is 2.90. The number of halogens is 2. The molecule has 2 atom stereocenters. The maximum atomic E-state index is 13.8. The molecule has 0 spiro atoms. The van der Waals surface area contributed by atoms with Gasteiger partial charge in [0.25, 0.3) is 0 Å². The van der Waals surface area contributed by atoms with E-state index in [0.29, 0.717) is 18.6 Å². The zero-order chi connectivity index (χ0) is 14.8. The molecular weight excluding hydrogens is 272 g/mol. The lowest BCUT2D eigenvalue weighted by Crippen LogP contribution is -2.34. The van der Waals surface area contributed by atoms with E-state index >= 15 is 0 Å². The van der Waals surface area contributed by atoms with Gasteiger partial charge in [0.05, 0.1) is 6.61 Å². The maximum absolute atomic E-state index is 13.8. The summed E-state index contributed by atoms with van der Waals surface area (Å²) < 4.78 is 32.3. The Morgan fingerprint density at radius 2 is 2.00 bits per heavy atom. The molecule has 0 amide bonds. The third-order valence-electron chi connectivity index (χ3n) is 3.99. The van der Waals surface area contributed by atoms with Gasteiger partial charge < -0.3 is 10.5 Å². The molecule has 4 heteroatoms. The first-order valence-corrected chi connectivity index (χ1v) is 7.06. The lowest BCUT2D eigenvalue weighted by Gasteiger charge is -2.30. The Morgan fingerprint density at radius 1 is 1.19 bits per heavy atom. The van der Waals surface area contributed by atoms with E-state index in [4.69, 9.17) is 10.5 Å². The molecular formula is C17H17F2NO. The molecule has 0 aliphatic carbocycles. The molecule has 2 aromatic rings. The van der Waals surface area contributed by atoms with Gasteiger partial charge in [0.2, 0.25) is 0 Å². The molecule has 0 bridgehead atoms. The van der Waals surface area contributed by atoms with Crippen LogP contribution in [0.15, 0.2) is 42.5 Å². The predicted octanol–water partition coefficient (Wildman–Crippen LogP) is 3.40. The molecule has 0 saturated heterocycles. The molecule has 110 valence electrons. The predicted molar refractivity (Wildman–Crippen MR) is 77.3 cm³/mol. The Labute approximate surface area is 122 Å². The van der Waals surface area contributed by atoms with E-state index in [2.05, 4.69) is 0 Å². The van der Waals surface area contributed by atoms with Gasteiger partial charge in [-0.2, -0.15) is 0 Å². The molecule has 21 heavy (non-hydrogen) atoms. The second-order valence-corrected chi connectivity index (χ2v) is 5.39. The number of para-hydroxylation sites is 1. The monoisotopic (exact) mass is 289 g/mol. The molecule has 2 aromatic carbocycles. The average Bonchev–Trinajstić information content (AvgIpc) is 2.49. The zero-order valence-corrected chi connectivity index (χ0v) is 11.6. The second-order valence-electron chi connectivity index (χ2n) is 5.39. The van der Waals surface area contributed by atoms with Crippen molar-refractivity contribution in [2.75, 3.05) is 6.61 Å². The van der Waals surface area contributed by atoms with Gasteiger partial charge in [-0.15, -0.1) is 0 Å². The standard InChI is InChI=1S/C17H17F2NO/c18-12-6-5-11(15(19)10-12)9-16(20)13-7-8-21-17-4-2-1-3-14(13)17/h1-6,10,13,16H,7-9,20H2. The van der Waals surface area contributed by atoms with E-state index in [1.807, 2.05) is 24.3 Å². The lowest BCUT2D eigenvalue weighted by atomic mass is 9.84. The second kappa shape index (κ2) is 5.82. The summed E-state index contributed by atoms with van der Waals surface area (Å²) in [7, 11) is 0. The summed E-state index contributed by atoms with van der Waals surface area (Å²) in [5.41, 5.74) is 7.81. The summed E-state index contributed by atoms with van der Waals surface area (Å²) in [5, 5.41) is 0. The van der Waals surface area contributed by atoms with E-state index in [1.165, 1.54) is 12.1 Å². The number of rotatable bonds is 3. The lowest BCUT2D eigenvalue weighted by molar-refractivity contribution is 0.254. The minimum Gasteiger partial charge on any atom is -0.493 e. The molecule has 0 fully saturated rings. The van der Waals surface area contributed by atoms with Crippen LogP contribution in [0.3, 0.4) is 0 Å². The van der Waals surface area contributed by atoms with Crippen LogP contribution in [-0.4, -0.2) is 12.6 Å². The number of hydrogen-bond donors (Lipinski definition) is 1. The van der Waals surface area contributed by atoms with Crippen molar-refractivity contribution >= 4 is 0 Å². The summed E-state index contributed by atoms with van der Waals surface area (Å²) in [6.07, 6.45) is 1.19. The van der Waals surface area contributed by atoms with Crippen LogP contribution in [0, 0.1) is 11.6 Å². The Balaban J connectivity index is 1.81. The molecule has 0 aromatic heterocycles. The van der Waals surface area contributed by atoms with Crippen molar-refractivity contribution in [3.05, 3.63) is 65.2 Å². The molecule has 2 N–H and O–H groups in total. The number of benzene rings is 2. The SMILES string of the molecule is NC(Cc1ccc(F)cc1F)C1CCOc2ccccc21. The Bertz CT molecular complexity index is 644. The van der Waals surface area contributed by atoms with Crippen LogP contribution >= 0.6 is 0 Å². The zero-order valence-electron chi connectivity index (χ0n) is 11.6. The Kier molecular flexibility index (Phi) is 3.88. The molecule has 2 nitrogen and oxygen atoms in total. The van der Waals surface area contributed by atoms with E-state index in [1.54, 1.807) is 0 Å². The largest absolute Gasteiger partial charge is 0.493 e. The molecule has 1 aliphatic rings. The highest BCUT2D eigenvalue weighted by atomic mass is 19.1. The van der Waals surface area contributed by atoms with Gasteiger partial charge >= 0.3 is 0 Å². The molecule has 0 saturated carbocycles. The molecule has 1 heterocycles. The first-order chi connectivity index (χ1) is 10.1. The quantitative estimate of drug-likeness (QED) is 0.940. The normalized spacial score (nSPS) is 18.7. The van der Waals surface area contributed by atoms with Gasteiger partial charge in [-0.25, -0.2) is 8.78 Å². The molecule has 0 radical (unpaired) electrons. The van der Waals surface area contributed by atoms with Crippen molar-refractivity contribution in [1.29, 1.82) is 0 Å². The van der Waals surface area contributed by atoms with E-state index in [0.717, 1.165) is 23.8 Å². The fourth-order valence-corrected chi connectivity index (χ4v) is 2.90. The van der Waals surface area contributed by atoms with Gasteiger partial charge in [-0.05, 0) is 36.1 Å². The van der Waals surface area contributed by atoms with E-state index in [9.17, 15) is 8.78 Å². The smallest absolute Gasteiger partial charge is 0.129 e. The van der Waals surface area contributed by atoms with Crippen LogP contribution in [0.4, 0.5) is 8.78 Å². The van der Waals surface area contributed by atoms with Crippen molar-refractivity contribution < 1.29 is 13.5 Å². The van der Waals surface area contributed by atoms with Crippen molar-refractivity contribution in [1.82, 2.24) is 0 Å². The highest BCUT2D eigenvalue weighted by Gasteiger charge is 2.27. The van der Waals surface area contributed by atoms with Gasteiger partial charge in [-0.1, -0.05) is 24.3 Å². The van der Waals surface area contributed by atoms with E-state index < -0.39 is 11.6 Å². The van der Waals surface area contributed by atoms with Gasteiger partial charge in [-0.3, -0.25) is 0 Å². The average molecular weight is 289 g/mol. The first kappa shape index (κ1) is 14.0. The molecule has 2 unspecified atom stereocenters. The van der Waals surface area contributed by atoms with Crippen LogP contribution in [0.5, 0.6) is 5.75 Å². The summed E-state index contributed by atoms with van der Waals surface area (Å²) >= 11 is 0. The van der Waals surface area contributed by atoms with Crippen molar-refractivity contribution in [2.45, 2.75) is 24.8 Å². The van der Waals surface area contributed by atoms with Crippen LogP contribution in [0.2, 0.25) is 0 Å². The Hall–Kier alpha value is -1.94. The minimum absolute atomic E-state index is 0.124. The summed E-state index contributed by atoms with van der Waals surface area (Å²) in [6.45, 7) is 0.612. The van der Waals surface area contributed by atoms with Crippen LogP contribution in [0.25, 0.3) is 0 Å². The van der Waals surface area contributed by atoms with Crippen molar-refractivity contribution in [2.24, 2.45) is 5.73 Å². The fourth-order valence-electron chi connectivity index (χ4n) is 2.90. The molecule has 3 rings (SSSR count). The van der Waals surface area contributed by atoms with Crippen molar-refractivity contribution in [3.63, 3.8) is 0 Å².